The summed E-state index contributed by atoms with van der Waals surface area (Å²) in [6, 6.07) is 4.68. The van der Waals surface area contributed by atoms with Gasteiger partial charge < -0.3 is 4.74 Å². The van der Waals surface area contributed by atoms with Crippen LogP contribution >= 0.6 is 0 Å². The van der Waals surface area contributed by atoms with Crippen molar-refractivity contribution in [1.29, 1.82) is 0 Å². The Kier molecular flexibility index (Phi) is 3.82. The molecule has 0 saturated heterocycles. The van der Waals surface area contributed by atoms with Crippen LogP contribution in [0.4, 0.5) is 4.39 Å². The third-order valence-corrected chi connectivity index (χ3v) is 1.66. The van der Waals surface area contributed by atoms with Gasteiger partial charge in [0.25, 0.3) is 0 Å². The van der Waals surface area contributed by atoms with Crippen molar-refractivity contribution in [3.05, 3.63) is 35.1 Å². The normalized spacial score (nSPS) is 10.4. The zero-order valence-corrected chi connectivity index (χ0v) is 7.42. The van der Waals surface area contributed by atoms with Crippen LogP contribution in [0.25, 0.3) is 0 Å². The van der Waals surface area contributed by atoms with Crippen molar-refractivity contribution in [2.24, 2.45) is 5.90 Å². The van der Waals surface area contributed by atoms with Crippen molar-refractivity contribution in [2.75, 3.05) is 7.11 Å². The molecule has 0 amide bonds. The molecule has 3 nitrogen and oxygen atoms in total. The molecule has 0 aromatic heterocycles. The average molecular weight is 185 g/mol. The highest BCUT2D eigenvalue weighted by Crippen LogP contribution is 2.11. The third kappa shape index (κ3) is 2.77. The molecule has 0 radical (unpaired) electrons. The maximum Gasteiger partial charge on any atom is 0.128 e. The minimum absolute atomic E-state index is 0.254. The minimum atomic E-state index is -0.275. The number of hydrogen-bond acceptors (Lipinski definition) is 3. The zero-order chi connectivity index (χ0) is 9.68. The van der Waals surface area contributed by atoms with E-state index in [1.165, 1.54) is 13.2 Å². The number of hydrogen-bond donors (Lipinski definition) is 1. The fourth-order valence-electron chi connectivity index (χ4n) is 1.08. The highest BCUT2D eigenvalue weighted by atomic mass is 19.1. The van der Waals surface area contributed by atoms with Gasteiger partial charge in [-0.15, -0.1) is 0 Å². The molecule has 0 spiro atoms. The van der Waals surface area contributed by atoms with Gasteiger partial charge in [0.1, 0.15) is 5.82 Å². The molecule has 0 atom stereocenters. The lowest BCUT2D eigenvalue weighted by Crippen LogP contribution is -2.01. The van der Waals surface area contributed by atoms with Gasteiger partial charge in [0.2, 0.25) is 0 Å². The van der Waals surface area contributed by atoms with Gasteiger partial charge in [0.05, 0.1) is 13.2 Å². The molecule has 0 aliphatic rings. The topological polar surface area (TPSA) is 44.5 Å². The van der Waals surface area contributed by atoms with Crippen LogP contribution < -0.4 is 5.90 Å². The van der Waals surface area contributed by atoms with Gasteiger partial charge in [-0.3, -0.25) is 4.84 Å². The Bertz CT molecular complexity index is 278. The second-order valence-electron chi connectivity index (χ2n) is 2.67. The smallest absolute Gasteiger partial charge is 0.128 e. The van der Waals surface area contributed by atoms with E-state index in [9.17, 15) is 4.39 Å². The van der Waals surface area contributed by atoms with Gasteiger partial charge in [-0.2, -0.15) is 0 Å². The Morgan fingerprint density at radius 1 is 1.38 bits per heavy atom. The van der Waals surface area contributed by atoms with Crippen LogP contribution in [0.15, 0.2) is 18.2 Å². The van der Waals surface area contributed by atoms with E-state index >= 15 is 0 Å². The summed E-state index contributed by atoms with van der Waals surface area (Å²) in [4.78, 5) is 4.44. The molecule has 1 aromatic carbocycles. The molecule has 13 heavy (non-hydrogen) atoms. The Balaban J connectivity index is 2.83. The molecule has 0 aliphatic heterocycles. The summed E-state index contributed by atoms with van der Waals surface area (Å²) >= 11 is 0. The fourth-order valence-corrected chi connectivity index (χ4v) is 1.08. The number of halogens is 1. The fraction of sp³-hybridized carbons (Fsp3) is 0.333. The number of ether oxygens (including phenoxy) is 1. The largest absolute Gasteiger partial charge is 0.380 e. The highest BCUT2D eigenvalue weighted by Gasteiger charge is 2.02. The first-order chi connectivity index (χ1) is 6.27. The van der Waals surface area contributed by atoms with E-state index in [0.717, 1.165) is 5.56 Å². The van der Waals surface area contributed by atoms with Crippen LogP contribution in [0, 0.1) is 5.82 Å². The summed E-state index contributed by atoms with van der Waals surface area (Å²) in [5.41, 5.74) is 1.34. The van der Waals surface area contributed by atoms with Gasteiger partial charge in [-0.25, -0.2) is 10.3 Å². The van der Waals surface area contributed by atoms with Gasteiger partial charge in [-0.05, 0) is 17.7 Å². The molecule has 0 fully saturated rings. The molecule has 1 rings (SSSR count). The van der Waals surface area contributed by atoms with Crippen LogP contribution in [0.3, 0.4) is 0 Å². The molecular weight excluding hydrogens is 173 g/mol. The number of methoxy groups -OCH3 is 1. The molecule has 0 bridgehead atoms. The highest BCUT2D eigenvalue weighted by molar-refractivity contribution is 5.24. The molecule has 2 N–H and O–H groups in total. The van der Waals surface area contributed by atoms with Crippen molar-refractivity contribution < 1.29 is 14.0 Å². The Labute approximate surface area is 76.2 Å². The molecule has 0 unspecified atom stereocenters. The van der Waals surface area contributed by atoms with Crippen LogP contribution in [-0.4, -0.2) is 7.11 Å². The second-order valence-corrected chi connectivity index (χ2v) is 2.67. The number of nitrogens with two attached hydrogens (primary N) is 1. The van der Waals surface area contributed by atoms with E-state index in [1.54, 1.807) is 12.1 Å². The molecular formula is C9H12FNO2. The van der Waals surface area contributed by atoms with Crippen molar-refractivity contribution >= 4 is 0 Å². The Hall–Kier alpha value is -0.970. The van der Waals surface area contributed by atoms with Crippen molar-refractivity contribution in [2.45, 2.75) is 13.2 Å². The minimum Gasteiger partial charge on any atom is -0.380 e. The molecule has 72 valence electrons. The van der Waals surface area contributed by atoms with Gasteiger partial charge >= 0.3 is 0 Å². The van der Waals surface area contributed by atoms with Gasteiger partial charge in [0, 0.05) is 12.7 Å². The third-order valence-electron chi connectivity index (χ3n) is 1.66. The van der Waals surface area contributed by atoms with Crippen molar-refractivity contribution in [1.82, 2.24) is 0 Å². The number of benzene rings is 1. The maximum atomic E-state index is 13.0. The molecule has 1 aromatic rings. The summed E-state index contributed by atoms with van der Waals surface area (Å²) in [5, 5.41) is 0. The summed E-state index contributed by atoms with van der Waals surface area (Å²) in [6.07, 6.45) is 0. The van der Waals surface area contributed by atoms with Crippen LogP contribution in [-0.2, 0) is 22.8 Å². The van der Waals surface area contributed by atoms with E-state index in [4.69, 9.17) is 10.6 Å². The predicted octanol–water partition coefficient (Wildman–Crippen LogP) is 1.36. The average Bonchev–Trinajstić information content (AvgIpc) is 2.12. The predicted molar refractivity (Wildman–Crippen MR) is 46.1 cm³/mol. The van der Waals surface area contributed by atoms with E-state index in [-0.39, 0.29) is 19.0 Å². The van der Waals surface area contributed by atoms with E-state index in [0.29, 0.717) is 5.56 Å². The summed E-state index contributed by atoms with van der Waals surface area (Å²) in [5.74, 6) is 4.62. The lowest BCUT2D eigenvalue weighted by molar-refractivity contribution is 0.123. The quantitative estimate of drug-likeness (QED) is 0.720. The lowest BCUT2D eigenvalue weighted by Gasteiger charge is -2.04. The summed E-state index contributed by atoms with van der Waals surface area (Å²) in [6.45, 7) is 0.529. The SMILES string of the molecule is COCc1cc(CON)ccc1F. The van der Waals surface area contributed by atoms with Crippen LogP contribution in [0.5, 0.6) is 0 Å². The van der Waals surface area contributed by atoms with E-state index in [1.807, 2.05) is 0 Å². The number of rotatable bonds is 4. The summed E-state index contributed by atoms with van der Waals surface area (Å²) in [7, 11) is 1.52. The van der Waals surface area contributed by atoms with Crippen LogP contribution in [0.2, 0.25) is 0 Å². The maximum absolute atomic E-state index is 13.0. The Morgan fingerprint density at radius 3 is 2.77 bits per heavy atom. The first-order valence-electron chi connectivity index (χ1n) is 3.86. The molecule has 0 heterocycles. The standard InChI is InChI=1S/C9H12FNO2/c1-12-6-8-4-7(5-13-11)2-3-9(8)10/h2-4H,5-6,11H2,1H3. The first kappa shape index (κ1) is 10.1. The molecule has 0 aliphatic carbocycles. The van der Waals surface area contributed by atoms with Gasteiger partial charge in [0.15, 0.2) is 0 Å². The van der Waals surface area contributed by atoms with Crippen LogP contribution in [0.1, 0.15) is 11.1 Å². The Morgan fingerprint density at radius 2 is 2.15 bits per heavy atom. The first-order valence-corrected chi connectivity index (χ1v) is 3.86. The van der Waals surface area contributed by atoms with Crippen molar-refractivity contribution in [3.63, 3.8) is 0 Å². The molecule has 4 heteroatoms. The van der Waals surface area contributed by atoms with E-state index < -0.39 is 0 Å². The monoisotopic (exact) mass is 185 g/mol. The van der Waals surface area contributed by atoms with Crippen molar-refractivity contribution in [3.8, 4) is 0 Å². The van der Waals surface area contributed by atoms with E-state index in [2.05, 4.69) is 4.84 Å². The lowest BCUT2D eigenvalue weighted by atomic mass is 10.1. The second kappa shape index (κ2) is 4.91. The van der Waals surface area contributed by atoms with Gasteiger partial charge in [-0.1, -0.05) is 6.07 Å². The molecule has 0 saturated carbocycles. The zero-order valence-electron chi connectivity index (χ0n) is 7.42. The summed E-state index contributed by atoms with van der Waals surface area (Å²) < 4.78 is 17.9.